The molecule has 2 amide bonds. The molecule has 0 radical (unpaired) electrons. The molecule has 21 heavy (non-hydrogen) atoms. The van der Waals surface area contributed by atoms with Gasteiger partial charge in [-0.3, -0.25) is 9.59 Å². The van der Waals surface area contributed by atoms with Gasteiger partial charge in [0.15, 0.2) is 0 Å². The van der Waals surface area contributed by atoms with E-state index in [1.165, 1.54) is 4.90 Å². The average molecular weight is 291 g/mol. The molecule has 0 saturated carbocycles. The Labute approximate surface area is 124 Å². The van der Waals surface area contributed by atoms with Gasteiger partial charge in [-0.15, -0.1) is 0 Å². The van der Waals surface area contributed by atoms with E-state index in [0.29, 0.717) is 25.2 Å². The van der Waals surface area contributed by atoms with Crippen molar-refractivity contribution in [1.29, 1.82) is 0 Å². The minimum atomic E-state index is -0.480. The zero-order chi connectivity index (χ0) is 15.4. The maximum atomic E-state index is 12.5. The number of carbonyl (C=O) groups is 2. The van der Waals surface area contributed by atoms with Crippen LogP contribution in [-0.4, -0.2) is 66.5 Å². The first-order chi connectivity index (χ1) is 10.0. The van der Waals surface area contributed by atoms with Gasteiger partial charge in [-0.2, -0.15) is 0 Å². The molecule has 0 spiro atoms. The van der Waals surface area contributed by atoms with E-state index in [9.17, 15) is 14.7 Å². The van der Waals surface area contributed by atoms with Crippen molar-refractivity contribution in [3.8, 4) is 5.75 Å². The van der Waals surface area contributed by atoms with Crippen molar-refractivity contribution in [1.82, 2.24) is 15.1 Å². The van der Waals surface area contributed by atoms with Gasteiger partial charge >= 0.3 is 0 Å². The van der Waals surface area contributed by atoms with Crippen LogP contribution in [-0.2, 0) is 16.0 Å². The van der Waals surface area contributed by atoms with E-state index in [4.69, 9.17) is 0 Å². The predicted octanol–water partition coefficient (Wildman–Crippen LogP) is -0.177. The van der Waals surface area contributed by atoms with Crippen LogP contribution in [0.25, 0.3) is 0 Å². The summed E-state index contributed by atoms with van der Waals surface area (Å²) in [5, 5.41) is 12.9. The second-order valence-electron chi connectivity index (χ2n) is 5.35. The fourth-order valence-corrected chi connectivity index (χ4v) is 2.45. The summed E-state index contributed by atoms with van der Waals surface area (Å²) < 4.78 is 0. The monoisotopic (exact) mass is 291 g/mol. The van der Waals surface area contributed by atoms with Gasteiger partial charge < -0.3 is 20.2 Å². The lowest BCUT2D eigenvalue weighted by molar-refractivity contribution is -0.145. The topological polar surface area (TPSA) is 72.9 Å². The second-order valence-corrected chi connectivity index (χ2v) is 5.35. The summed E-state index contributed by atoms with van der Waals surface area (Å²) in [5.74, 6) is -0.123. The van der Waals surface area contributed by atoms with Gasteiger partial charge in [0.25, 0.3) is 0 Å². The summed E-state index contributed by atoms with van der Waals surface area (Å²) in [6.07, 6.45) is 0.101. The summed E-state index contributed by atoms with van der Waals surface area (Å²) in [5.41, 5.74) is 0.581. The highest BCUT2D eigenvalue weighted by atomic mass is 16.3. The fraction of sp³-hybridized carbons (Fsp3) is 0.467. The molecule has 114 valence electrons. The molecule has 1 aromatic carbocycles. The van der Waals surface area contributed by atoms with E-state index in [0.717, 1.165) is 0 Å². The molecular formula is C15H21N3O3. The number of nitrogens with one attached hydrogen (secondary N) is 1. The molecule has 1 saturated heterocycles. The standard InChI is InChI=1S/C15H21N3O3/c1-17(2)15(21)12-10-16-7-8-18(12)14(20)9-11-5-3-4-6-13(11)19/h3-6,12,16,19H,7-10H2,1-2H3. The van der Waals surface area contributed by atoms with Crippen LogP contribution < -0.4 is 5.32 Å². The van der Waals surface area contributed by atoms with Crippen molar-refractivity contribution in [2.75, 3.05) is 33.7 Å². The Morgan fingerprint density at radius 2 is 2.10 bits per heavy atom. The average Bonchev–Trinajstić information content (AvgIpc) is 2.48. The number of para-hydroxylation sites is 1. The summed E-state index contributed by atoms with van der Waals surface area (Å²) >= 11 is 0. The number of benzene rings is 1. The summed E-state index contributed by atoms with van der Waals surface area (Å²) in [6, 6.07) is 6.29. The van der Waals surface area contributed by atoms with E-state index in [1.54, 1.807) is 43.3 Å². The third kappa shape index (κ3) is 3.52. The lowest BCUT2D eigenvalue weighted by Gasteiger charge is -2.36. The van der Waals surface area contributed by atoms with Gasteiger partial charge in [0.05, 0.1) is 6.42 Å². The minimum Gasteiger partial charge on any atom is -0.508 e. The number of amides is 2. The Balaban J connectivity index is 2.12. The van der Waals surface area contributed by atoms with E-state index < -0.39 is 6.04 Å². The number of carbonyl (C=O) groups excluding carboxylic acids is 2. The number of hydrogen-bond donors (Lipinski definition) is 2. The molecule has 1 atom stereocenters. The molecule has 6 nitrogen and oxygen atoms in total. The van der Waals surface area contributed by atoms with E-state index >= 15 is 0 Å². The van der Waals surface area contributed by atoms with E-state index in [1.807, 2.05) is 0 Å². The van der Waals surface area contributed by atoms with Crippen LogP contribution in [0.2, 0.25) is 0 Å². The number of nitrogens with zero attached hydrogens (tertiary/aromatic N) is 2. The number of hydrogen-bond acceptors (Lipinski definition) is 4. The minimum absolute atomic E-state index is 0.0900. The van der Waals surface area contributed by atoms with E-state index in [-0.39, 0.29) is 24.0 Å². The van der Waals surface area contributed by atoms with Crippen molar-refractivity contribution < 1.29 is 14.7 Å². The van der Waals surface area contributed by atoms with Crippen molar-refractivity contribution in [2.24, 2.45) is 0 Å². The van der Waals surface area contributed by atoms with Crippen LogP contribution in [0.3, 0.4) is 0 Å². The lowest BCUT2D eigenvalue weighted by atomic mass is 10.1. The maximum absolute atomic E-state index is 12.5. The summed E-state index contributed by atoms with van der Waals surface area (Å²) in [6.45, 7) is 1.63. The van der Waals surface area contributed by atoms with Crippen LogP contribution >= 0.6 is 0 Å². The molecule has 0 bridgehead atoms. The molecule has 1 fully saturated rings. The Bertz CT molecular complexity index is 531. The first kappa shape index (κ1) is 15.3. The highest BCUT2D eigenvalue weighted by Gasteiger charge is 2.32. The molecule has 6 heteroatoms. The predicted molar refractivity (Wildman–Crippen MR) is 78.9 cm³/mol. The van der Waals surface area contributed by atoms with Crippen molar-refractivity contribution >= 4 is 11.8 Å². The molecule has 1 aliphatic heterocycles. The van der Waals surface area contributed by atoms with Crippen molar-refractivity contribution in [2.45, 2.75) is 12.5 Å². The van der Waals surface area contributed by atoms with Crippen LogP contribution in [0.5, 0.6) is 5.75 Å². The second kappa shape index (κ2) is 6.58. The zero-order valence-corrected chi connectivity index (χ0v) is 12.4. The molecule has 1 aromatic rings. The van der Waals surface area contributed by atoms with Gasteiger partial charge in [-0.25, -0.2) is 0 Å². The molecule has 0 aromatic heterocycles. The van der Waals surface area contributed by atoms with Gasteiger partial charge in [-0.05, 0) is 6.07 Å². The molecule has 1 aliphatic rings. The van der Waals surface area contributed by atoms with Crippen LogP contribution in [0.15, 0.2) is 24.3 Å². The fourth-order valence-electron chi connectivity index (χ4n) is 2.45. The number of aromatic hydroxyl groups is 1. The Kier molecular flexibility index (Phi) is 4.80. The quantitative estimate of drug-likeness (QED) is 0.810. The largest absolute Gasteiger partial charge is 0.508 e. The van der Waals surface area contributed by atoms with Crippen molar-refractivity contribution in [3.05, 3.63) is 29.8 Å². The zero-order valence-electron chi connectivity index (χ0n) is 12.4. The number of likely N-dealkylation sites (N-methyl/N-ethyl adjacent to an activating group) is 1. The van der Waals surface area contributed by atoms with Gasteiger partial charge in [-0.1, -0.05) is 18.2 Å². The Morgan fingerprint density at radius 1 is 1.38 bits per heavy atom. The number of rotatable bonds is 3. The molecule has 1 unspecified atom stereocenters. The Hall–Kier alpha value is -2.08. The molecular weight excluding hydrogens is 270 g/mol. The van der Waals surface area contributed by atoms with Gasteiger partial charge in [0, 0.05) is 39.3 Å². The third-order valence-corrected chi connectivity index (χ3v) is 3.62. The Morgan fingerprint density at radius 3 is 2.76 bits per heavy atom. The first-order valence-electron chi connectivity index (χ1n) is 6.99. The summed E-state index contributed by atoms with van der Waals surface area (Å²) in [7, 11) is 3.37. The third-order valence-electron chi connectivity index (χ3n) is 3.62. The SMILES string of the molecule is CN(C)C(=O)C1CNCCN1C(=O)Cc1ccccc1O. The molecule has 2 rings (SSSR count). The maximum Gasteiger partial charge on any atom is 0.246 e. The summed E-state index contributed by atoms with van der Waals surface area (Å²) in [4.78, 5) is 27.7. The van der Waals surface area contributed by atoms with Gasteiger partial charge in [0.1, 0.15) is 11.8 Å². The lowest BCUT2D eigenvalue weighted by Crippen LogP contribution is -2.59. The number of piperazine rings is 1. The number of phenols is 1. The number of phenolic OH excluding ortho intramolecular Hbond substituents is 1. The molecule has 1 heterocycles. The van der Waals surface area contributed by atoms with E-state index in [2.05, 4.69) is 5.32 Å². The van der Waals surface area contributed by atoms with Crippen LogP contribution in [0, 0.1) is 0 Å². The van der Waals surface area contributed by atoms with Gasteiger partial charge in [0.2, 0.25) is 11.8 Å². The van der Waals surface area contributed by atoms with Crippen LogP contribution in [0.1, 0.15) is 5.56 Å². The first-order valence-corrected chi connectivity index (χ1v) is 6.99. The highest BCUT2D eigenvalue weighted by molar-refractivity contribution is 5.89. The smallest absolute Gasteiger partial charge is 0.246 e. The molecule has 2 N–H and O–H groups in total. The molecule has 0 aliphatic carbocycles. The highest BCUT2D eigenvalue weighted by Crippen LogP contribution is 2.18. The van der Waals surface area contributed by atoms with Crippen molar-refractivity contribution in [3.63, 3.8) is 0 Å². The normalized spacial score (nSPS) is 18.4. The van der Waals surface area contributed by atoms with Crippen LogP contribution in [0.4, 0.5) is 0 Å².